The molecule has 1 aromatic carbocycles. The molecule has 5 heteroatoms. The summed E-state index contributed by atoms with van der Waals surface area (Å²) in [5.41, 5.74) is 1.71. The predicted octanol–water partition coefficient (Wildman–Crippen LogP) is 3.32. The van der Waals surface area contributed by atoms with Gasteiger partial charge in [-0.1, -0.05) is 12.1 Å². The Kier molecular flexibility index (Phi) is 3.35. The molecule has 4 nitrogen and oxygen atoms in total. The second-order valence-electron chi connectivity index (χ2n) is 5.50. The summed E-state index contributed by atoms with van der Waals surface area (Å²) in [4.78, 5) is 23.1. The van der Waals surface area contributed by atoms with Gasteiger partial charge in [0, 0.05) is 31.4 Å². The van der Waals surface area contributed by atoms with Crippen molar-refractivity contribution in [3.8, 4) is 0 Å². The lowest BCUT2D eigenvalue weighted by molar-refractivity contribution is 0.0790. The van der Waals surface area contributed by atoms with Gasteiger partial charge < -0.3 is 4.90 Å². The number of thiazole rings is 1. The van der Waals surface area contributed by atoms with Crippen molar-refractivity contribution in [2.45, 2.75) is 12.3 Å². The molecule has 1 saturated heterocycles. The van der Waals surface area contributed by atoms with Crippen LogP contribution in [0, 0.1) is 0 Å². The van der Waals surface area contributed by atoms with Crippen LogP contribution in [0.2, 0.25) is 0 Å². The number of para-hydroxylation sites is 1. The largest absolute Gasteiger partial charge is 0.338 e. The van der Waals surface area contributed by atoms with Crippen LogP contribution in [0.4, 0.5) is 0 Å². The molecule has 4 rings (SSSR count). The second kappa shape index (κ2) is 5.50. The average Bonchev–Trinajstić information content (AvgIpc) is 3.21. The molecule has 1 amide bonds. The summed E-state index contributed by atoms with van der Waals surface area (Å²) >= 11 is 1.74. The number of aromatic nitrogens is 2. The Balaban J connectivity index is 1.53. The number of benzene rings is 1. The van der Waals surface area contributed by atoms with E-state index in [1.807, 2.05) is 29.2 Å². The van der Waals surface area contributed by atoms with Crippen molar-refractivity contribution in [2.75, 3.05) is 13.1 Å². The molecule has 1 aliphatic rings. The van der Waals surface area contributed by atoms with Crippen LogP contribution in [0.3, 0.4) is 0 Å². The molecule has 110 valence electrons. The zero-order chi connectivity index (χ0) is 14.9. The van der Waals surface area contributed by atoms with E-state index in [-0.39, 0.29) is 5.91 Å². The number of rotatable bonds is 2. The van der Waals surface area contributed by atoms with E-state index in [1.165, 1.54) is 4.70 Å². The zero-order valence-electron chi connectivity index (χ0n) is 12.0. The fraction of sp³-hybridized carbons (Fsp3) is 0.235. The number of likely N-dealkylation sites (tertiary alicyclic amines) is 1. The Hall–Kier alpha value is -2.27. The lowest BCUT2D eigenvalue weighted by Gasteiger charge is -2.15. The quantitative estimate of drug-likeness (QED) is 0.729. The highest BCUT2D eigenvalue weighted by Gasteiger charge is 2.29. The van der Waals surface area contributed by atoms with Crippen molar-refractivity contribution >= 4 is 27.5 Å². The third-order valence-corrected chi connectivity index (χ3v) is 5.24. The molecule has 3 aromatic rings. The fourth-order valence-corrected chi connectivity index (χ4v) is 3.98. The van der Waals surface area contributed by atoms with Crippen LogP contribution in [-0.4, -0.2) is 33.9 Å². The van der Waals surface area contributed by atoms with Crippen LogP contribution in [0.25, 0.3) is 10.2 Å². The monoisotopic (exact) mass is 309 g/mol. The van der Waals surface area contributed by atoms with Crippen LogP contribution < -0.4 is 0 Å². The van der Waals surface area contributed by atoms with Crippen LogP contribution in [0.15, 0.2) is 48.8 Å². The van der Waals surface area contributed by atoms with Crippen LogP contribution >= 0.6 is 11.3 Å². The van der Waals surface area contributed by atoms with Crippen molar-refractivity contribution in [3.63, 3.8) is 0 Å². The van der Waals surface area contributed by atoms with Gasteiger partial charge in [-0.15, -0.1) is 11.3 Å². The van der Waals surface area contributed by atoms with E-state index in [1.54, 1.807) is 29.8 Å². The molecule has 0 radical (unpaired) electrons. The van der Waals surface area contributed by atoms with Crippen molar-refractivity contribution < 1.29 is 4.79 Å². The smallest absolute Gasteiger partial charge is 0.255 e. The van der Waals surface area contributed by atoms with E-state index in [9.17, 15) is 4.79 Å². The van der Waals surface area contributed by atoms with Gasteiger partial charge >= 0.3 is 0 Å². The van der Waals surface area contributed by atoms with Gasteiger partial charge in [0.05, 0.1) is 20.8 Å². The third kappa shape index (κ3) is 2.37. The van der Waals surface area contributed by atoms with Crippen LogP contribution in [0.1, 0.15) is 27.7 Å². The number of carbonyl (C=O) groups excluding carboxylic acids is 1. The first-order valence-electron chi connectivity index (χ1n) is 7.36. The molecule has 0 aliphatic carbocycles. The number of carbonyl (C=O) groups is 1. The first-order chi connectivity index (χ1) is 10.8. The van der Waals surface area contributed by atoms with Gasteiger partial charge in [-0.3, -0.25) is 9.78 Å². The van der Waals surface area contributed by atoms with Crippen molar-refractivity contribution in [3.05, 3.63) is 59.4 Å². The maximum Gasteiger partial charge on any atom is 0.255 e. The molecule has 0 N–H and O–H groups in total. The van der Waals surface area contributed by atoms with Gasteiger partial charge in [0.2, 0.25) is 0 Å². The van der Waals surface area contributed by atoms with Crippen molar-refractivity contribution in [2.24, 2.45) is 0 Å². The van der Waals surface area contributed by atoms with Crippen LogP contribution in [0.5, 0.6) is 0 Å². The molecule has 0 saturated carbocycles. The van der Waals surface area contributed by atoms with Gasteiger partial charge in [0.25, 0.3) is 5.91 Å². The number of pyridine rings is 1. The summed E-state index contributed by atoms with van der Waals surface area (Å²) in [6.07, 6.45) is 4.30. The highest BCUT2D eigenvalue weighted by Crippen LogP contribution is 2.33. The standard InChI is InChI=1S/C17H15N3OS/c21-17(12-4-3-8-18-10-12)20-9-7-13(11-20)16-19-14-5-1-2-6-15(14)22-16/h1-6,8,10,13H,7,9,11H2/t13-/m0/s1. The first-order valence-corrected chi connectivity index (χ1v) is 8.18. The Bertz CT molecular complexity index is 782. The zero-order valence-corrected chi connectivity index (χ0v) is 12.8. The number of fused-ring (bicyclic) bond motifs is 1. The first kappa shape index (κ1) is 13.4. The van der Waals surface area contributed by atoms with Gasteiger partial charge in [0.1, 0.15) is 0 Å². The van der Waals surface area contributed by atoms with E-state index >= 15 is 0 Å². The minimum absolute atomic E-state index is 0.0664. The molecule has 0 unspecified atom stereocenters. The topological polar surface area (TPSA) is 46.1 Å². The molecular formula is C17H15N3OS. The number of hydrogen-bond acceptors (Lipinski definition) is 4. The third-order valence-electron chi connectivity index (χ3n) is 4.04. The summed E-state index contributed by atoms with van der Waals surface area (Å²) < 4.78 is 1.22. The summed E-state index contributed by atoms with van der Waals surface area (Å²) in [5.74, 6) is 0.412. The number of nitrogens with zero attached hydrogens (tertiary/aromatic N) is 3. The highest BCUT2D eigenvalue weighted by molar-refractivity contribution is 7.18. The maximum atomic E-state index is 12.5. The Morgan fingerprint density at radius 1 is 1.23 bits per heavy atom. The Morgan fingerprint density at radius 3 is 2.95 bits per heavy atom. The Morgan fingerprint density at radius 2 is 2.14 bits per heavy atom. The van der Waals surface area contributed by atoms with E-state index in [0.717, 1.165) is 30.0 Å². The molecule has 0 spiro atoms. The summed E-state index contributed by atoms with van der Waals surface area (Å²) in [6, 6.07) is 11.8. The maximum absolute atomic E-state index is 12.5. The van der Waals surface area contributed by atoms with E-state index in [4.69, 9.17) is 4.98 Å². The van der Waals surface area contributed by atoms with Crippen molar-refractivity contribution in [1.82, 2.24) is 14.9 Å². The lowest BCUT2D eigenvalue weighted by Crippen LogP contribution is -2.28. The minimum atomic E-state index is 0.0664. The molecule has 3 heterocycles. The molecular weight excluding hydrogens is 294 g/mol. The summed E-state index contributed by atoms with van der Waals surface area (Å²) in [6.45, 7) is 1.53. The number of amides is 1. The summed E-state index contributed by atoms with van der Waals surface area (Å²) in [5, 5.41) is 1.14. The summed E-state index contributed by atoms with van der Waals surface area (Å²) in [7, 11) is 0. The number of hydrogen-bond donors (Lipinski definition) is 0. The Labute approximate surface area is 132 Å². The molecule has 2 aromatic heterocycles. The average molecular weight is 309 g/mol. The van der Waals surface area contributed by atoms with Gasteiger partial charge in [0.15, 0.2) is 0 Å². The van der Waals surface area contributed by atoms with Gasteiger partial charge in [-0.05, 0) is 30.7 Å². The SMILES string of the molecule is O=C(c1cccnc1)N1CC[C@H](c2nc3ccccc3s2)C1. The van der Waals surface area contributed by atoms with E-state index in [0.29, 0.717) is 11.5 Å². The van der Waals surface area contributed by atoms with Gasteiger partial charge in [-0.25, -0.2) is 4.98 Å². The van der Waals surface area contributed by atoms with Crippen molar-refractivity contribution in [1.29, 1.82) is 0 Å². The second-order valence-corrected chi connectivity index (χ2v) is 6.56. The fourth-order valence-electron chi connectivity index (χ4n) is 2.88. The molecule has 0 bridgehead atoms. The van der Waals surface area contributed by atoms with Gasteiger partial charge in [-0.2, -0.15) is 0 Å². The molecule has 1 atom stereocenters. The highest BCUT2D eigenvalue weighted by atomic mass is 32.1. The van der Waals surface area contributed by atoms with E-state index < -0.39 is 0 Å². The molecule has 1 fully saturated rings. The van der Waals surface area contributed by atoms with Crippen LogP contribution in [-0.2, 0) is 0 Å². The normalized spacial score (nSPS) is 18.0. The van der Waals surface area contributed by atoms with E-state index in [2.05, 4.69) is 11.1 Å². The minimum Gasteiger partial charge on any atom is -0.338 e. The predicted molar refractivity (Wildman–Crippen MR) is 87.1 cm³/mol. The molecule has 22 heavy (non-hydrogen) atoms. The molecule has 1 aliphatic heterocycles. The lowest BCUT2D eigenvalue weighted by atomic mass is 10.1.